The number of nitrogens with zero attached hydrogens (tertiary/aromatic N) is 1. The maximum Gasteiger partial charge on any atom is 0.239 e. The number of fused-ring (bicyclic) bond motifs is 1. The van der Waals surface area contributed by atoms with Gasteiger partial charge in [-0.25, -0.2) is 0 Å². The molecule has 0 spiro atoms. The molecule has 4 heteroatoms. The molecule has 1 saturated carbocycles. The smallest absolute Gasteiger partial charge is 0.239 e. The minimum atomic E-state index is -0.511. The van der Waals surface area contributed by atoms with Crippen molar-refractivity contribution in [2.24, 2.45) is 29.4 Å². The first-order chi connectivity index (χ1) is 11.5. The van der Waals surface area contributed by atoms with Crippen molar-refractivity contribution in [3.8, 4) is 0 Å². The Morgan fingerprint density at radius 2 is 2.12 bits per heavy atom. The van der Waals surface area contributed by atoms with Crippen LogP contribution < -0.4 is 11.1 Å². The largest absolute Gasteiger partial charge is 0.368 e. The van der Waals surface area contributed by atoms with Gasteiger partial charge in [-0.3, -0.25) is 9.69 Å². The highest BCUT2D eigenvalue weighted by molar-refractivity contribution is 5.87. The molecule has 4 aliphatic rings. The number of hydrogen-bond donors (Lipinski definition) is 2. The minimum Gasteiger partial charge on any atom is -0.368 e. The molecule has 0 radical (unpaired) electrons. The zero-order valence-electron chi connectivity index (χ0n) is 14.7. The van der Waals surface area contributed by atoms with E-state index in [4.69, 9.17) is 5.73 Å². The van der Waals surface area contributed by atoms with Crippen LogP contribution in [0.4, 0.5) is 0 Å². The molecule has 3 saturated heterocycles. The molecule has 1 aliphatic carbocycles. The van der Waals surface area contributed by atoms with Crippen LogP contribution in [0.1, 0.15) is 25.8 Å². The number of primary amides is 1. The van der Waals surface area contributed by atoms with Crippen molar-refractivity contribution < 1.29 is 4.79 Å². The molecule has 1 amide bonds. The number of piperidine rings is 2. The summed E-state index contributed by atoms with van der Waals surface area (Å²) in [5.41, 5.74) is 6.85. The molecule has 130 valence electrons. The van der Waals surface area contributed by atoms with E-state index in [0.717, 1.165) is 32.5 Å². The van der Waals surface area contributed by atoms with E-state index in [1.807, 2.05) is 0 Å². The van der Waals surface area contributed by atoms with E-state index in [9.17, 15) is 4.79 Å². The average Bonchev–Trinajstić information content (AvgIpc) is 2.81. The van der Waals surface area contributed by atoms with Gasteiger partial charge in [-0.15, -0.1) is 0 Å². The Balaban J connectivity index is 1.70. The van der Waals surface area contributed by atoms with Gasteiger partial charge in [0.2, 0.25) is 5.91 Å². The summed E-state index contributed by atoms with van der Waals surface area (Å²) in [5, 5.41) is 3.60. The monoisotopic (exact) mass is 327 g/mol. The maximum atomic E-state index is 12.6. The van der Waals surface area contributed by atoms with Gasteiger partial charge in [0.1, 0.15) is 5.54 Å². The van der Waals surface area contributed by atoms with E-state index in [0.29, 0.717) is 23.7 Å². The fourth-order valence-electron chi connectivity index (χ4n) is 5.78. The van der Waals surface area contributed by atoms with Crippen LogP contribution in [0.15, 0.2) is 30.3 Å². The summed E-state index contributed by atoms with van der Waals surface area (Å²) >= 11 is 0. The summed E-state index contributed by atoms with van der Waals surface area (Å²) in [6, 6.07) is 11.0. The second-order valence-corrected chi connectivity index (χ2v) is 8.45. The molecule has 4 nitrogen and oxygen atoms in total. The third-order valence-corrected chi connectivity index (χ3v) is 6.54. The number of benzene rings is 1. The lowest BCUT2D eigenvalue weighted by atomic mass is 9.58. The first kappa shape index (κ1) is 16.1. The number of nitrogens with one attached hydrogen (secondary N) is 1. The van der Waals surface area contributed by atoms with Gasteiger partial charge in [-0.1, -0.05) is 44.2 Å². The van der Waals surface area contributed by atoms with Gasteiger partial charge in [0.15, 0.2) is 0 Å². The molecule has 0 aromatic heterocycles. The number of rotatable bonds is 5. The number of carbonyl (C=O) groups excluding carboxylic acids is 1. The molecule has 1 aromatic rings. The van der Waals surface area contributed by atoms with Crippen molar-refractivity contribution in [3.05, 3.63) is 35.9 Å². The van der Waals surface area contributed by atoms with Crippen molar-refractivity contribution in [3.63, 3.8) is 0 Å². The van der Waals surface area contributed by atoms with Crippen LogP contribution in [-0.4, -0.2) is 42.0 Å². The molecule has 4 bridgehead atoms. The van der Waals surface area contributed by atoms with E-state index in [-0.39, 0.29) is 11.9 Å². The van der Waals surface area contributed by atoms with E-state index < -0.39 is 5.54 Å². The summed E-state index contributed by atoms with van der Waals surface area (Å²) in [4.78, 5) is 15.1. The van der Waals surface area contributed by atoms with Crippen LogP contribution in [-0.2, 0) is 11.2 Å². The lowest BCUT2D eigenvalue weighted by Crippen LogP contribution is -2.75. The third-order valence-electron chi connectivity index (χ3n) is 6.54. The first-order valence-corrected chi connectivity index (χ1v) is 9.35. The second-order valence-electron chi connectivity index (χ2n) is 8.45. The molecule has 24 heavy (non-hydrogen) atoms. The van der Waals surface area contributed by atoms with Gasteiger partial charge in [-0.05, 0) is 42.7 Å². The zero-order valence-corrected chi connectivity index (χ0v) is 14.7. The Labute approximate surface area is 144 Å². The molecule has 3 heterocycles. The summed E-state index contributed by atoms with van der Waals surface area (Å²) in [7, 11) is 0. The van der Waals surface area contributed by atoms with Crippen molar-refractivity contribution in [1.29, 1.82) is 0 Å². The van der Waals surface area contributed by atoms with Crippen LogP contribution in [0.3, 0.4) is 0 Å². The number of carbonyl (C=O) groups is 1. The predicted molar refractivity (Wildman–Crippen MR) is 95.4 cm³/mol. The van der Waals surface area contributed by atoms with E-state index in [1.165, 1.54) is 5.56 Å². The molecule has 5 atom stereocenters. The topological polar surface area (TPSA) is 58.4 Å². The van der Waals surface area contributed by atoms with Crippen LogP contribution in [0, 0.1) is 23.7 Å². The Morgan fingerprint density at radius 3 is 2.79 bits per heavy atom. The summed E-state index contributed by atoms with van der Waals surface area (Å²) < 4.78 is 0. The Morgan fingerprint density at radius 1 is 1.38 bits per heavy atom. The normalized spacial score (nSPS) is 38.0. The molecule has 4 fully saturated rings. The van der Waals surface area contributed by atoms with Crippen LogP contribution in [0.5, 0.6) is 0 Å². The van der Waals surface area contributed by atoms with Gasteiger partial charge in [0.05, 0.1) is 0 Å². The lowest BCUT2D eigenvalue weighted by molar-refractivity contribution is -0.134. The standard InChI is InChI=1S/C20H29N3O/c1-13(2)11-23-12-16-9-15-10-22-20(16,19(21)24)18(23)17(15)8-14-6-4-3-5-7-14/h3-7,13,15-18,22H,8-12H2,1-2H3,(H2,21,24)/t15-,16-,17+,18?,20-/m0/s1. The van der Waals surface area contributed by atoms with E-state index in [2.05, 4.69) is 54.4 Å². The third kappa shape index (κ3) is 2.31. The lowest BCUT2D eigenvalue weighted by Gasteiger charge is -2.55. The highest BCUT2D eigenvalue weighted by Gasteiger charge is 2.67. The molecule has 3 aliphatic heterocycles. The quantitative estimate of drug-likeness (QED) is 0.864. The Hall–Kier alpha value is -1.39. The summed E-state index contributed by atoms with van der Waals surface area (Å²) in [6.07, 6.45) is 2.19. The number of likely N-dealkylation sites (tertiary alicyclic amines) is 1. The predicted octanol–water partition coefficient (Wildman–Crippen LogP) is 1.65. The Kier molecular flexibility index (Phi) is 3.92. The van der Waals surface area contributed by atoms with E-state index >= 15 is 0 Å². The molecular weight excluding hydrogens is 298 g/mol. The van der Waals surface area contributed by atoms with Crippen LogP contribution >= 0.6 is 0 Å². The number of nitrogens with two attached hydrogens (primary N) is 1. The van der Waals surface area contributed by atoms with E-state index in [1.54, 1.807) is 0 Å². The van der Waals surface area contributed by atoms with Gasteiger partial charge >= 0.3 is 0 Å². The zero-order chi connectivity index (χ0) is 16.9. The average molecular weight is 327 g/mol. The van der Waals surface area contributed by atoms with Gasteiger partial charge in [0, 0.05) is 25.0 Å². The number of hydrogen-bond acceptors (Lipinski definition) is 3. The highest BCUT2D eigenvalue weighted by Crippen LogP contribution is 2.53. The van der Waals surface area contributed by atoms with Crippen molar-refractivity contribution in [2.45, 2.75) is 38.3 Å². The maximum absolute atomic E-state index is 12.6. The van der Waals surface area contributed by atoms with Gasteiger partial charge in [-0.2, -0.15) is 0 Å². The van der Waals surface area contributed by atoms with Gasteiger partial charge < -0.3 is 11.1 Å². The fourth-order valence-corrected chi connectivity index (χ4v) is 5.78. The molecular formula is C20H29N3O. The highest BCUT2D eigenvalue weighted by atomic mass is 16.1. The first-order valence-electron chi connectivity index (χ1n) is 9.35. The molecule has 5 rings (SSSR count). The molecule has 1 unspecified atom stereocenters. The minimum absolute atomic E-state index is 0.139. The van der Waals surface area contributed by atoms with Crippen molar-refractivity contribution in [2.75, 3.05) is 19.6 Å². The van der Waals surface area contributed by atoms with Crippen molar-refractivity contribution in [1.82, 2.24) is 10.2 Å². The van der Waals surface area contributed by atoms with Crippen LogP contribution in [0.2, 0.25) is 0 Å². The summed E-state index contributed by atoms with van der Waals surface area (Å²) in [5.74, 6) is 2.01. The fraction of sp³-hybridized carbons (Fsp3) is 0.650. The SMILES string of the molecule is CC(C)CN1C[C@@H]2C[C@H]3CN[C@]2(C(N)=O)C1[C@@H]3Cc1ccccc1. The molecule has 1 aromatic carbocycles. The second kappa shape index (κ2) is 5.85. The Bertz CT molecular complexity index is 617. The van der Waals surface area contributed by atoms with Gasteiger partial charge in [0.25, 0.3) is 0 Å². The van der Waals surface area contributed by atoms with Crippen molar-refractivity contribution >= 4 is 5.91 Å². The number of amides is 1. The van der Waals surface area contributed by atoms with Crippen LogP contribution in [0.25, 0.3) is 0 Å². The summed E-state index contributed by atoms with van der Waals surface area (Å²) in [6.45, 7) is 7.52. The molecule has 3 N–H and O–H groups in total.